The number of ether oxygens (including phenoxy) is 1. The van der Waals surface area contributed by atoms with Crippen LogP contribution in [0.2, 0.25) is 0 Å². The lowest BCUT2D eigenvalue weighted by Crippen LogP contribution is -2.33. The van der Waals surface area contributed by atoms with E-state index in [2.05, 4.69) is 15.5 Å². The molecule has 2 amide bonds. The van der Waals surface area contributed by atoms with Gasteiger partial charge in [0.2, 0.25) is 0 Å². The Morgan fingerprint density at radius 3 is 2.31 bits per heavy atom. The Kier molecular flexibility index (Phi) is 7.09. The fourth-order valence-electron chi connectivity index (χ4n) is 4.78. The summed E-state index contributed by atoms with van der Waals surface area (Å²) in [7, 11) is 0. The van der Waals surface area contributed by atoms with Gasteiger partial charge in [0.25, 0.3) is 11.8 Å². The molecule has 0 spiro atoms. The van der Waals surface area contributed by atoms with Crippen molar-refractivity contribution in [3.05, 3.63) is 83.9 Å². The van der Waals surface area contributed by atoms with Gasteiger partial charge in [-0.3, -0.25) is 9.59 Å². The van der Waals surface area contributed by atoms with Crippen LogP contribution >= 0.6 is 0 Å². The summed E-state index contributed by atoms with van der Waals surface area (Å²) in [6.07, 6.45) is 4.32. The van der Waals surface area contributed by atoms with Crippen molar-refractivity contribution in [2.75, 3.05) is 36.5 Å². The molecule has 2 aliphatic heterocycles. The molecule has 0 bridgehead atoms. The molecule has 2 fully saturated rings. The molecule has 0 radical (unpaired) electrons. The number of nitrogens with zero attached hydrogens (tertiary/aromatic N) is 1. The van der Waals surface area contributed by atoms with E-state index in [1.807, 2.05) is 66.7 Å². The van der Waals surface area contributed by atoms with Crippen LogP contribution in [0.3, 0.4) is 0 Å². The van der Waals surface area contributed by atoms with E-state index in [4.69, 9.17) is 4.74 Å². The molecular formula is C29H31N3O3. The Morgan fingerprint density at radius 2 is 1.60 bits per heavy atom. The maximum atomic E-state index is 13.2. The third kappa shape index (κ3) is 5.54. The maximum Gasteiger partial charge on any atom is 0.255 e. The first-order chi connectivity index (χ1) is 17.2. The summed E-state index contributed by atoms with van der Waals surface area (Å²) in [6.45, 7) is 3.13. The third-order valence-corrected chi connectivity index (χ3v) is 6.71. The van der Waals surface area contributed by atoms with Crippen molar-refractivity contribution in [3.8, 4) is 11.1 Å². The van der Waals surface area contributed by atoms with Crippen LogP contribution in [0.25, 0.3) is 11.1 Å². The SMILES string of the molecule is O=C(Nc1ccc(N2CCCC2)c(C(=O)NCC2CCCO2)c1)c1ccc(-c2ccccc2)cc1. The lowest BCUT2D eigenvalue weighted by molar-refractivity contribution is 0.0858. The first-order valence-corrected chi connectivity index (χ1v) is 12.4. The summed E-state index contributed by atoms with van der Waals surface area (Å²) in [4.78, 5) is 28.3. The number of hydrogen-bond donors (Lipinski definition) is 2. The van der Waals surface area contributed by atoms with Gasteiger partial charge in [-0.05, 0) is 67.1 Å². The Morgan fingerprint density at radius 1 is 0.857 bits per heavy atom. The second-order valence-electron chi connectivity index (χ2n) is 9.17. The molecule has 2 heterocycles. The Bertz CT molecular complexity index is 1170. The van der Waals surface area contributed by atoms with Gasteiger partial charge in [-0.25, -0.2) is 0 Å². The van der Waals surface area contributed by atoms with E-state index in [1.54, 1.807) is 6.07 Å². The largest absolute Gasteiger partial charge is 0.376 e. The van der Waals surface area contributed by atoms with Crippen molar-refractivity contribution in [2.24, 2.45) is 0 Å². The van der Waals surface area contributed by atoms with E-state index in [0.29, 0.717) is 23.4 Å². The van der Waals surface area contributed by atoms with E-state index in [9.17, 15) is 9.59 Å². The van der Waals surface area contributed by atoms with Gasteiger partial charge in [-0.15, -0.1) is 0 Å². The highest BCUT2D eigenvalue weighted by Gasteiger charge is 2.22. The van der Waals surface area contributed by atoms with Crippen molar-refractivity contribution in [2.45, 2.75) is 31.8 Å². The molecule has 0 aromatic heterocycles. The van der Waals surface area contributed by atoms with E-state index in [-0.39, 0.29) is 17.9 Å². The quantitative estimate of drug-likeness (QED) is 0.504. The smallest absolute Gasteiger partial charge is 0.255 e. The van der Waals surface area contributed by atoms with Gasteiger partial charge in [0, 0.05) is 43.2 Å². The highest BCUT2D eigenvalue weighted by atomic mass is 16.5. The summed E-state index contributed by atoms with van der Waals surface area (Å²) < 4.78 is 5.65. The summed E-state index contributed by atoms with van der Waals surface area (Å²) in [5.41, 5.74) is 4.84. The Hall–Kier alpha value is -3.64. The van der Waals surface area contributed by atoms with Crippen LogP contribution in [0.15, 0.2) is 72.8 Å². The topological polar surface area (TPSA) is 70.7 Å². The van der Waals surface area contributed by atoms with Crippen LogP contribution in [0.5, 0.6) is 0 Å². The van der Waals surface area contributed by atoms with Gasteiger partial charge in [-0.2, -0.15) is 0 Å². The zero-order valence-electron chi connectivity index (χ0n) is 19.8. The molecule has 180 valence electrons. The van der Waals surface area contributed by atoms with Crippen LogP contribution in [0, 0.1) is 0 Å². The van der Waals surface area contributed by atoms with Crippen molar-refractivity contribution < 1.29 is 14.3 Å². The molecule has 1 atom stereocenters. The summed E-state index contributed by atoms with van der Waals surface area (Å²) in [5, 5.41) is 6.00. The highest BCUT2D eigenvalue weighted by molar-refractivity contribution is 6.06. The zero-order valence-corrected chi connectivity index (χ0v) is 19.8. The third-order valence-electron chi connectivity index (χ3n) is 6.71. The molecule has 1 unspecified atom stereocenters. The van der Waals surface area contributed by atoms with Crippen molar-refractivity contribution >= 4 is 23.2 Å². The predicted octanol–water partition coefficient (Wildman–Crippen LogP) is 5.11. The summed E-state index contributed by atoms with van der Waals surface area (Å²) in [6, 6.07) is 23.2. The second-order valence-corrected chi connectivity index (χ2v) is 9.17. The van der Waals surface area contributed by atoms with E-state index >= 15 is 0 Å². The average molecular weight is 470 g/mol. The number of nitrogens with one attached hydrogen (secondary N) is 2. The molecule has 6 nitrogen and oxygen atoms in total. The number of carbonyl (C=O) groups excluding carboxylic acids is 2. The normalized spacial score (nSPS) is 17.4. The minimum absolute atomic E-state index is 0.0796. The Balaban J connectivity index is 1.32. The molecule has 5 rings (SSSR count). The van der Waals surface area contributed by atoms with Gasteiger partial charge >= 0.3 is 0 Å². The Labute approximate surface area is 206 Å². The fourth-order valence-corrected chi connectivity index (χ4v) is 4.78. The van der Waals surface area contributed by atoms with Crippen molar-refractivity contribution in [3.63, 3.8) is 0 Å². The minimum Gasteiger partial charge on any atom is -0.376 e. The van der Waals surface area contributed by atoms with Gasteiger partial charge in [0.1, 0.15) is 0 Å². The summed E-state index contributed by atoms with van der Waals surface area (Å²) in [5.74, 6) is -0.338. The molecule has 0 saturated carbocycles. The standard InChI is InChI=1S/C29H31N3O3/c33-28(23-12-10-22(11-13-23)21-7-2-1-3-8-21)31-24-14-15-27(32-16-4-5-17-32)26(19-24)29(34)30-20-25-9-6-18-35-25/h1-3,7-8,10-15,19,25H,4-6,9,16-18,20H2,(H,30,34)(H,31,33). The second kappa shape index (κ2) is 10.7. The minimum atomic E-state index is -0.204. The van der Waals surface area contributed by atoms with E-state index in [1.165, 1.54) is 0 Å². The zero-order chi connectivity index (χ0) is 24.0. The van der Waals surface area contributed by atoms with Crippen LogP contribution in [-0.2, 0) is 4.74 Å². The van der Waals surface area contributed by atoms with Crippen molar-refractivity contribution in [1.29, 1.82) is 0 Å². The van der Waals surface area contributed by atoms with Crippen molar-refractivity contribution in [1.82, 2.24) is 5.32 Å². The number of hydrogen-bond acceptors (Lipinski definition) is 4. The van der Waals surface area contributed by atoms with E-state index < -0.39 is 0 Å². The average Bonchev–Trinajstić information content (AvgIpc) is 3.63. The molecule has 6 heteroatoms. The number of carbonyl (C=O) groups is 2. The highest BCUT2D eigenvalue weighted by Crippen LogP contribution is 2.28. The molecule has 2 N–H and O–H groups in total. The first kappa shape index (κ1) is 23.1. The molecular weight excluding hydrogens is 438 g/mol. The first-order valence-electron chi connectivity index (χ1n) is 12.4. The molecule has 2 saturated heterocycles. The molecule has 2 aliphatic rings. The van der Waals surface area contributed by atoms with Gasteiger partial charge in [0.05, 0.1) is 11.7 Å². The van der Waals surface area contributed by atoms with Crippen LogP contribution < -0.4 is 15.5 Å². The lowest BCUT2D eigenvalue weighted by Gasteiger charge is -2.22. The number of amides is 2. The number of rotatable bonds is 7. The molecule has 3 aromatic carbocycles. The number of anilines is 2. The maximum absolute atomic E-state index is 13.2. The predicted molar refractivity (Wildman–Crippen MR) is 139 cm³/mol. The van der Waals surface area contributed by atoms with Crippen LogP contribution in [0.4, 0.5) is 11.4 Å². The van der Waals surface area contributed by atoms with Crippen LogP contribution in [0.1, 0.15) is 46.4 Å². The molecule has 35 heavy (non-hydrogen) atoms. The van der Waals surface area contributed by atoms with Gasteiger partial charge in [-0.1, -0.05) is 42.5 Å². The number of benzene rings is 3. The van der Waals surface area contributed by atoms with Gasteiger partial charge in [0.15, 0.2) is 0 Å². The molecule has 0 aliphatic carbocycles. The monoisotopic (exact) mass is 469 g/mol. The fraction of sp³-hybridized carbons (Fsp3) is 0.310. The lowest BCUT2D eigenvalue weighted by atomic mass is 10.0. The van der Waals surface area contributed by atoms with E-state index in [0.717, 1.165) is 62.2 Å². The van der Waals surface area contributed by atoms with Gasteiger partial charge < -0.3 is 20.3 Å². The summed E-state index contributed by atoms with van der Waals surface area (Å²) >= 11 is 0. The van der Waals surface area contributed by atoms with Crippen LogP contribution in [-0.4, -0.2) is 44.2 Å². The molecule has 3 aromatic rings.